The number of para-hydroxylation sites is 1. The summed E-state index contributed by atoms with van der Waals surface area (Å²) in [6.45, 7) is 8.34. The van der Waals surface area contributed by atoms with Gasteiger partial charge >= 0.3 is 0 Å². The zero-order chi connectivity index (χ0) is 20.1. The maximum absolute atomic E-state index is 12.9. The fraction of sp³-hybridized carbons (Fsp3) is 0.333. The number of rotatable bonds is 7. The van der Waals surface area contributed by atoms with Crippen LogP contribution in [0.3, 0.4) is 0 Å². The molecule has 0 unspecified atom stereocenters. The highest BCUT2D eigenvalue weighted by Gasteiger charge is 2.20. The summed E-state index contributed by atoms with van der Waals surface area (Å²) in [5.41, 5.74) is 3.04. The van der Waals surface area contributed by atoms with E-state index in [0.717, 1.165) is 11.4 Å². The van der Waals surface area contributed by atoms with E-state index in [2.05, 4.69) is 41.5 Å². The van der Waals surface area contributed by atoms with Gasteiger partial charge in [-0.05, 0) is 60.0 Å². The number of aromatic nitrogens is 4. The van der Waals surface area contributed by atoms with Crippen LogP contribution < -0.4 is 4.90 Å². The average Bonchev–Trinajstić information content (AvgIpc) is 3.16. The molecule has 146 valence electrons. The number of benzene rings is 2. The summed E-state index contributed by atoms with van der Waals surface area (Å²) in [4.78, 5) is 14.7. The summed E-state index contributed by atoms with van der Waals surface area (Å²) in [6.07, 6.45) is 0. The fourth-order valence-electron chi connectivity index (χ4n) is 2.95. The number of nitrogens with zero attached hydrogens (tertiary/aromatic N) is 5. The third kappa shape index (κ3) is 4.59. The summed E-state index contributed by atoms with van der Waals surface area (Å²) < 4.78 is 1.67. The molecule has 0 N–H and O–H groups in total. The van der Waals surface area contributed by atoms with E-state index >= 15 is 0 Å². The van der Waals surface area contributed by atoms with Crippen LogP contribution in [0.25, 0.3) is 5.69 Å². The predicted molar refractivity (Wildman–Crippen MR) is 113 cm³/mol. The summed E-state index contributed by atoms with van der Waals surface area (Å²) in [7, 11) is 0. The second-order valence-electron chi connectivity index (χ2n) is 7.10. The van der Waals surface area contributed by atoms with E-state index in [4.69, 9.17) is 0 Å². The number of tetrazole rings is 1. The quantitative estimate of drug-likeness (QED) is 0.558. The normalized spacial score (nSPS) is 11.2. The number of thioether (sulfide) groups is 1. The van der Waals surface area contributed by atoms with E-state index in [1.165, 1.54) is 17.3 Å². The van der Waals surface area contributed by atoms with Gasteiger partial charge in [-0.1, -0.05) is 55.9 Å². The van der Waals surface area contributed by atoms with Gasteiger partial charge < -0.3 is 4.90 Å². The lowest BCUT2D eigenvalue weighted by molar-refractivity contribution is -0.116. The molecule has 0 spiro atoms. The minimum atomic E-state index is 0.0240. The lowest BCUT2D eigenvalue weighted by atomic mass is 10.0. The van der Waals surface area contributed by atoms with Gasteiger partial charge in [-0.3, -0.25) is 4.79 Å². The Hall–Kier alpha value is -2.67. The molecule has 0 atom stereocenters. The monoisotopic (exact) mass is 395 g/mol. The Bertz CT molecular complexity index is 906. The molecule has 0 saturated heterocycles. The van der Waals surface area contributed by atoms with Crippen molar-refractivity contribution in [2.45, 2.75) is 44.8 Å². The first-order valence-electron chi connectivity index (χ1n) is 9.36. The van der Waals surface area contributed by atoms with Crippen LogP contribution in [0.1, 0.15) is 39.2 Å². The Labute approximate surface area is 169 Å². The SMILES string of the molecule is CC(C)c1ccc(-n2nnnc2SCC(=O)N(c2ccccc2)C(C)C)cc1. The highest BCUT2D eigenvalue weighted by molar-refractivity contribution is 7.99. The topological polar surface area (TPSA) is 63.9 Å². The van der Waals surface area contributed by atoms with Gasteiger partial charge in [0.05, 0.1) is 11.4 Å². The van der Waals surface area contributed by atoms with Crippen molar-refractivity contribution in [1.82, 2.24) is 20.2 Å². The van der Waals surface area contributed by atoms with Gasteiger partial charge in [-0.15, -0.1) is 5.10 Å². The summed E-state index contributed by atoms with van der Waals surface area (Å²) in [5, 5.41) is 12.6. The van der Waals surface area contributed by atoms with Crippen LogP contribution in [-0.2, 0) is 4.79 Å². The lowest BCUT2D eigenvalue weighted by Crippen LogP contribution is -2.38. The number of amides is 1. The Morgan fingerprint density at radius 2 is 1.71 bits per heavy atom. The average molecular weight is 396 g/mol. The third-order valence-electron chi connectivity index (χ3n) is 4.39. The Kier molecular flexibility index (Phi) is 6.46. The number of hydrogen-bond donors (Lipinski definition) is 0. The first-order valence-corrected chi connectivity index (χ1v) is 10.3. The van der Waals surface area contributed by atoms with Gasteiger partial charge in [-0.2, -0.15) is 4.68 Å². The van der Waals surface area contributed by atoms with Gasteiger partial charge in [0.15, 0.2) is 0 Å². The Morgan fingerprint density at radius 3 is 2.32 bits per heavy atom. The van der Waals surface area contributed by atoms with Crippen LogP contribution in [0.2, 0.25) is 0 Å². The molecule has 6 nitrogen and oxygen atoms in total. The zero-order valence-corrected chi connectivity index (χ0v) is 17.4. The van der Waals surface area contributed by atoms with Crippen molar-refractivity contribution in [3.05, 3.63) is 60.2 Å². The number of carbonyl (C=O) groups excluding carboxylic acids is 1. The second kappa shape index (κ2) is 9.01. The maximum Gasteiger partial charge on any atom is 0.237 e. The van der Waals surface area contributed by atoms with Crippen molar-refractivity contribution < 1.29 is 4.79 Å². The van der Waals surface area contributed by atoms with Crippen LogP contribution >= 0.6 is 11.8 Å². The Balaban J connectivity index is 1.73. The largest absolute Gasteiger partial charge is 0.309 e. The van der Waals surface area contributed by atoms with Gasteiger partial charge in [0.1, 0.15) is 0 Å². The van der Waals surface area contributed by atoms with E-state index in [1.54, 1.807) is 9.58 Å². The first kappa shape index (κ1) is 20.1. The maximum atomic E-state index is 12.9. The predicted octanol–water partition coefficient (Wildman–Crippen LogP) is 4.32. The molecule has 3 aromatic rings. The number of carbonyl (C=O) groups is 1. The summed E-state index contributed by atoms with van der Waals surface area (Å²) >= 11 is 1.34. The first-order chi connectivity index (χ1) is 13.5. The smallest absolute Gasteiger partial charge is 0.237 e. The molecule has 1 aromatic heterocycles. The molecule has 0 fully saturated rings. The van der Waals surface area contributed by atoms with Crippen molar-refractivity contribution in [3.8, 4) is 5.69 Å². The third-order valence-corrected chi connectivity index (χ3v) is 5.29. The lowest BCUT2D eigenvalue weighted by Gasteiger charge is -2.26. The standard InChI is InChI=1S/C21H25N5OS/c1-15(2)17-10-12-19(13-11-17)26-21(22-23-24-26)28-14-20(27)25(16(3)4)18-8-6-5-7-9-18/h5-13,15-16H,14H2,1-4H3. The van der Waals surface area contributed by atoms with Crippen molar-refractivity contribution in [2.75, 3.05) is 10.7 Å². The molecule has 0 saturated carbocycles. The van der Waals surface area contributed by atoms with Crippen LogP contribution in [0.5, 0.6) is 0 Å². The molecule has 3 rings (SSSR count). The van der Waals surface area contributed by atoms with E-state index in [0.29, 0.717) is 11.1 Å². The van der Waals surface area contributed by atoms with Crippen molar-refractivity contribution >= 4 is 23.4 Å². The van der Waals surface area contributed by atoms with Crippen LogP contribution in [0.15, 0.2) is 59.8 Å². The van der Waals surface area contributed by atoms with Crippen LogP contribution in [-0.4, -0.2) is 37.9 Å². The molecular formula is C21H25N5OS. The van der Waals surface area contributed by atoms with Crippen LogP contribution in [0, 0.1) is 0 Å². The molecule has 28 heavy (non-hydrogen) atoms. The molecule has 0 aliphatic rings. The molecule has 0 aliphatic heterocycles. The van der Waals surface area contributed by atoms with E-state index in [1.807, 2.05) is 56.3 Å². The number of anilines is 1. The molecule has 7 heteroatoms. The minimum Gasteiger partial charge on any atom is -0.309 e. The molecule has 0 radical (unpaired) electrons. The summed E-state index contributed by atoms with van der Waals surface area (Å²) in [6, 6.07) is 17.9. The molecular weight excluding hydrogens is 370 g/mol. The zero-order valence-electron chi connectivity index (χ0n) is 16.6. The van der Waals surface area contributed by atoms with Crippen LogP contribution in [0.4, 0.5) is 5.69 Å². The van der Waals surface area contributed by atoms with Gasteiger partial charge in [-0.25, -0.2) is 0 Å². The highest BCUT2D eigenvalue weighted by atomic mass is 32.2. The van der Waals surface area contributed by atoms with Crippen molar-refractivity contribution in [3.63, 3.8) is 0 Å². The molecule has 2 aromatic carbocycles. The van der Waals surface area contributed by atoms with Gasteiger partial charge in [0.2, 0.25) is 11.1 Å². The number of hydrogen-bond acceptors (Lipinski definition) is 5. The highest BCUT2D eigenvalue weighted by Crippen LogP contribution is 2.23. The minimum absolute atomic E-state index is 0.0240. The van der Waals surface area contributed by atoms with E-state index in [9.17, 15) is 4.79 Å². The van der Waals surface area contributed by atoms with Crippen molar-refractivity contribution in [1.29, 1.82) is 0 Å². The van der Waals surface area contributed by atoms with Gasteiger partial charge in [0, 0.05) is 11.7 Å². The van der Waals surface area contributed by atoms with Crippen molar-refractivity contribution in [2.24, 2.45) is 0 Å². The second-order valence-corrected chi connectivity index (χ2v) is 8.04. The van der Waals surface area contributed by atoms with Gasteiger partial charge in [0.25, 0.3) is 0 Å². The fourth-order valence-corrected chi connectivity index (χ4v) is 3.70. The molecule has 0 aliphatic carbocycles. The summed E-state index contributed by atoms with van der Waals surface area (Å²) in [5.74, 6) is 0.752. The Morgan fingerprint density at radius 1 is 1.04 bits per heavy atom. The van der Waals surface area contributed by atoms with E-state index < -0.39 is 0 Å². The molecule has 1 amide bonds. The molecule has 0 bridgehead atoms. The molecule has 1 heterocycles. The van der Waals surface area contributed by atoms with E-state index in [-0.39, 0.29) is 17.7 Å².